The molecule has 1 heteroatoms. The Labute approximate surface area is 111 Å². The fraction of sp³-hybridized carbons (Fsp3) is 0.647. The highest BCUT2D eigenvalue weighted by Gasteiger charge is 2.23. The van der Waals surface area contributed by atoms with E-state index >= 15 is 0 Å². The third kappa shape index (κ3) is 2.55. The van der Waals surface area contributed by atoms with Crippen LogP contribution >= 0.6 is 0 Å². The predicted octanol–water partition coefficient (Wildman–Crippen LogP) is 4.43. The van der Waals surface area contributed by atoms with Gasteiger partial charge in [0.2, 0.25) is 0 Å². The van der Waals surface area contributed by atoms with Crippen molar-refractivity contribution in [3.05, 3.63) is 28.8 Å². The molecule has 2 saturated carbocycles. The maximum Gasteiger partial charge on any atom is 0.122 e. The average molecular weight is 244 g/mol. The van der Waals surface area contributed by atoms with Gasteiger partial charge in [-0.25, -0.2) is 0 Å². The van der Waals surface area contributed by atoms with Gasteiger partial charge in [-0.05, 0) is 80.5 Å². The highest BCUT2D eigenvalue weighted by atomic mass is 16.5. The normalized spacial score (nSPS) is 19.7. The van der Waals surface area contributed by atoms with Crippen LogP contribution in [0.5, 0.6) is 5.75 Å². The molecular weight excluding hydrogens is 220 g/mol. The van der Waals surface area contributed by atoms with E-state index in [0.29, 0.717) is 0 Å². The summed E-state index contributed by atoms with van der Waals surface area (Å²) in [5, 5.41) is 0. The monoisotopic (exact) mass is 244 g/mol. The number of ether oxygens (including phenoxy) is 1. The Hall–Kier alpha value is -0.980. The molecule has 0 radical (unpaired) electrons. The lowest BCUT2D eigenvalue weighted by atomic mass is 9.86. The largest absolute Gasteiger partial charge is 0.493 e. The average Bonchev–Trinajstić information content (AvgIpc) is 3.10. The number of hydrogen-bond acceptors (Lipinski definition) is 1. The van der Waals surface area contributed by atoms with Crippen LogP contribution in [0, 0.1) is 25.7 Å². The van der Waals surface area contributed by atoms with Gasteiger partial charge in [-0.3, -0.25) is 0 Å². The molecule has 0 saturated heterocycles. The van der Waals surface area contributed by atoms with Gasteiger partial charge in [-0.1, -0.05) is 12.5 Å². The van der Waals surface area contributed by atoms with E-state index in [9.17, 15) is 0 Å². The second-order valence-electron chi connectivity index (χ2n) is 6.23. The molecule has 0 heterocycles. The molecule has 0 spiro atoms. The first-order valence-electron chi connectivity index (χ1n) is 7.46. The molecule has 1 aromatic carbocycles. The number of hydrogen-bond donors (Lipinski definition) is 0. The molecule has 0 unspecified atom stereocenters. The Morgan fingerprint density at radius 3 is 2.39 bits per heavy atom. The summed E-state index contributed by atoms with van der Waals surface area (Å²) in [6.45, 7) is 5.38. The molecule has 1 nitrogen and oxygen atoms in total. The lowest BCUT2D eigenvalue weighted by molar-refractivity contribution is 0.180. The smallest absolute Gasteiger partial charge is 0.122 e. The van der Waals surface area contributed by atoms with Crippen LogP contribution in [0.3, 0.4) is 0 Å². The fourth-order valence-corrected chi connectivity index (χ4v) is 2.73. The van der Waals surface area contributed by atoms with Crippen LogP contribution in [-0.2, 0) is 6.42 Å². The summed E-state index contributed by atoms with van der Waals surface area (Å²) in [5.41, 5.74) is 4.34. The fourth-order valence-electron chi connectivity index (χ4n) is 2.73. The first kappa shape index (κ1) is 12.1. The lowest BCUT2D eigenvalue weighted by Gasteiger charge is -2.26. The third-order valence-corrected chi connectivity index (χ3v) is 4.75. The van der Waals surface area contributed by atoms with Crippen molar-refractivity contribution in [3.8, 4) is 5.75 Å². The Balaban J connectivity index is 1.67. The minimum atomic E-state index is 0.816. The van der Waals surface area contributed by atoms with Gasteiger partial charge in [0.1, 0.15) is 5.75 Å². The molecule has 0 amide bonds. The molecule has 3 rings (SSSR count). The standard InChI is InChI=1S/C17H24O/c1-12-13(2)17(18-11-15-4-3-5-15)9-8-16(12)10-14-6-7-14/h8-9,14-15H,3-7,10-11H2,1-2H3. The molecule has 18 heavy (non-hydrogen) atoms. The molecule has 2 aliphatic rings. The first-order valence-corrected chi connectivity index (χ1v) is 7.46. The van der Waals surface area contributed by atoms with Crippen molar-refractivity contribution in [1.82, 2.24) is 0 Å². The van der Waals surface area contributed by atoms with Crippen molar-refractivity contribution >= 4 is 0 Å². The molecule has 0 aliphatic heterocycles. The Kier molecular flexibility index (Phi) is 3.32. The van der Waals surface area contributed by atoms with Crippen molar-refractivity contribution < 1.29 is 4.74 Å². The molecule has 0 N–H and O–H groups in total. The van der Waals surface area contributed by atoms with Crippen molar-refractivity contribution in [1.29, 1.82) is 0 Å². The molecule has 0 atom stereocenters. The van der Waals surface area contributed by atoms with Crippen molar-refractivity contribution in [2.45, 2.75) is 52.4 Å². The second kappa shape index (κ2) is 4.95. The quantitative estimate of drug-likeness (QED) is 0.744. The van der Waals surface area contributed by atoms with Crippen LogP contribution in [0.4, 0.5) is 0 Å². The Morgan fingerprint density at radius 1 is 1.00 bits per heavy atom. The van der Waals surface area contributed by atoms with Gasteiger partial charge in [0.15, 0.2) is 0 Å². The lowest BCUT2D eigenvalue weighted by Crippen LogP contribution is -2.19. The first-order chi connectivity index (χ1) is 8.74. The maximum absolute atomic E-state index is 6.00. The second-order valence-corrected chi connectivity index (χ2v) is 6.23. The van der Waals surface area contributed by atoms with Crippen LogP contribution in [0.15, 0.2) is 12.1 Å². The van der Waals surface area contributed by atoms with Gasteiger partial charge in [-0.2, -0.15) is 0 Å². The van der Waals surface area contributed by atoms with Crippen LogP contribution in [0.1, 0.15) is 48.8 Å². The highest BCUT2D eigenvalue weighted by molar-refractivity contribution is 5.43. The summed E-state index contributed by atoms with van der Waals surface area (Å²) in [4.78, 5) is 0. The Morgan fingerprint density at radius 2 is 1.78 bits per heavy atom. The number of rotatable bonds is 5. The zero-order valence-electron chi connectivity index (χ0n) is 11.7. The minimum absolute atomic E-state index is 0.816. The molecule has 0 aromatic heterocycles. The van der Waals surface area contributed by atoms with E-state index in [4.69, 9.17) is 4.74 Å². The van der Waals surface area contributed by atoms with Gasteiger partial charge >= 0.3 is 0 Å². The van der Waals surface area contributed by atoms with Crippen LogP contribution < -0.4 is 4.74 Å². The van der Waals surface area contributed by atoms with E-state index in [1.807, 2.05) is 0 Å². The van der Waals surface area contributed by atoms with Gasteiger partial charge in [0.25, 0.3) is 0 Å². The molecule has 1 aromatic rings. The molecule has 0 bridgehead atoms. The highest BCUT2D eigenvalue weighted by Crippen LogP contribution is 2.35. The van der Waals surface area contributed by atoms with Crippen LogP contribution in [0.2, 0.25) is 0 Å². The van der Waals surface area contributed by atoms with Crippen LogP contribution in [-0.4, -0.2) is 6.61 Å². The SMILES string of the molecule is Cc1c(CC2CC2)ccc(OCC2CCC2)c1C. The van der Waals surface area contributed by atoms with E-state index in [2.05, 4.69) is 26.0 Å². The zero-order chi connectivity index (χ0) is 12.5. The van der Waals surface area contributed by atoms with E-state index in [1.54, 1.807) is 0 Å². The van der Waals surface area contributed by atoms with Crippen molar-refractivity contribution in [2.24, 2.45) is 11.8 Å². The molecule has 2 aliphatic carbocycles. The summed E-state index contributed by atoms with van der Waals surface area (Å²) in [6, 6.07) is 4.48. The van der Waals surface area contributed by atoms with Gasteiger partial charge in [0, 0.05) is 0 Å². The van der Waals surface area contributed by atoms with Crippen molar-refractivity contribution in [2.75, 3.05) is 6.61 Å². The minimum Gasteiger partial charge on any atom is -0.493 e. The van der Waals surface area contributed by atoms with Gasteiger partial charge in [-0.15, -0.1) is 0 Å². The number of benzene rings is 1. The summed E-state index contributed by atoms with van der Waals surface area (Å²) < 4.78 is 6.00. The summed E-state index contributed by atoms with van der Waals surface area (Å²) in [6.07, 6.45) is 8.24. The molecule has 98 valence electrons. The third-order valence-electron chi connectivity index (χ3n) is 4.75. The molecular formula is C17H24O. The van der Waals surface area contributed by atoms with Crippen LogP contribution in [0.25, 0.3) is 0 Å². The zero-order valence-corrected chi connectivity index (χ0v) is 11.7. The van der Waals surface area contributed by atoms with Gasteiger partial charge < -0.3 is 4.74 Å². The van der Waals surface area contributed by atoms with E-state index in [-0.39, 0.29) is 0 Å². The van der Waals surface area contributed by atoms with E-state index in [1.165, 1.54) is 55.2 Å². The summed E-state index contributed by atoms with van der Waals surface area (Å²) in [5.74, 6) is 2.89. The molecule has 2 fully saturated rings. The topological polar surface area (TPSA) is 9.23 Å². The Bertz CT molecular complexity index is 427. The maximum atomic E-state index is 6.00. The predicted molar refractivity (Wildman–Crippen MR) is 75.2 cm³/mol. The summed E-state index contributed by atoms with van der Waals surface area (Å²) in [7, 11) is 0. The van der Waals surface area contributed by atoms with Crippen molar-refractivity contribution in [3.63, 3.8) is 0 Å². The summed E-state index contributed by atoms with van der Waals surface area (Å²) >= 11 is 0. The van der Waals surface area contributed by atoms with E-state index < -0.39 is 0 Å². The van der Waals surface area contributed by atoms with Gasteiger partial charge in [0.05, 0.1) is 6.61 Å². The van der Waals surface area contributed by atoms with E-state index in [0.717, 1.165) is 24.2 Å².